The number of hydrogen-bond donors (Lipinski definition) is 1. The standard InChI is InChI=1S/C20H17NO5/c1-25-18(22)11-8-13-6-9-14(10-7-13)21-12-16-19(23)15-4-2-3-5-17(15)26-20(16)24/h2-7,9-10,12,23H,8,11H2,1H3. The molecule has 0 radical (unpaired) electrons. The Hall–Kier alpha value is -3.41. The molecular formula is C20H17NO5. The third-order valence-electron chi connectivity index (χ3n) is 3.94. The maximum absolute atomic E-state index is 12.0. The van der Waals surface area contributed by atoms with E-state index in [9.17, 15) is 14.7 Å². The van der Waals surface area contributed by atoms with Gasteiger partial charge in [-0.3, -0.25) is 9.79 Å². The number of fused-ring (bicyclic) bond motifs is 1. The molecule has 1 aromatic heterocycles. The van der Waals surface area contributed by atoms with E-state index in [1.54, 1.807) is 36.4 Å². The van der Waals surface area contributed by atoms with E-state index >= 15 is 0 Å². The number of esters is 1. The van der Waals surface area contributed by atoms with E-state index < -0.39 is 5.63 Å². The van der Waals surface area contributed by atoms with Crippen LogP contribution >= 0.6 is 0 Å². The molecule has 0 fully saturated rings. The Morgan fingerprint density at radius 3 is 2.65 bits per heavy atom. The fourth-order valence-corrected chi connectivity index (χ4v) is 2.50. The Kier molecular flexibility index (Phi) is 5.12. The summed E-state index contributed by atoms with van der Waals surface area (Å²) in [5.74, 6) is -0.416. The number of hydrogen-bond acceptors (Lipinski definition) is 6. The molecule has 0 saturated carbocycles. The number of benzene rings is 2. The lowest BCUT2D eigenvalue weighted by Crippen LogP contribution is -2.06. The van der Waals surface area contributed by atoms with Gasteiger partial charge in [0.05, 0.1) is 18.2 Å². The van der Waals surface area contributed by atoms with Crippen LogP contribution in [0.3, 0.4) is 0 Å². The largest absolute Gasteiger partial charge is 0.506 e. The van der Waals surface area contributed by atoms with Crippen LogP contribution in [0.2, 0.25) is 0 Å². The number of aromatic hydroxyl groups is 1. The van der Waals surface area contributed by atoms with Crippen LogP contribution in [-0.2, 0) is 16.0 Å². The summed E-state index contributed by atoms with van der Waals surface area (Å²) in [7, 11) is 1.36. The minimum atomic E-state index is -0.653. The molecule has 0 unspecified atom stereocenters. The van der Waals surface area contributed by atoms with Crippen molar-refractivity contribution in [2.75, 3.05) is 7.11 Å². The van der Waals surface area contributed by atoms with Crippen molar-refractivity contribution in [1.29, 1.82) is 0 Å². The Morgan fingerprint density at radius 2 is 1.92 bits per heavy atom. The normalized spacial score (nSPS) is 11.1. The van der Waals surface area contributed by atoms with E-state index in [1.807, 2.05) is 12.1 Å². The first kappa shape index (κ1) is 17.4. The van der Waals surface area contributed by atoms with Crippen molar-refractivity contribution in [3.63, 3.8) is 0 Å². The highest BCUT2D eigenvalue weighted by Gasteiger charge is 2.11. The lowest BCUT2D eigenvalue weighted by atomic mass is 10.1. The lowest BCUT2D eigenvalue weighted by Gasteiger charge is -2.03. The summed E-state index contributed by atoms with van der Waals surface area (Å²) < 4.78 is 9.81. The summed E-state index contributed by atoms with van der Waals surface area (Å²) >= 11 is 0. The van der Waals surface area contributed by atoms with E-state index in [0.29, 0.717) is 29.5 Å². The molecule has 132 valence electrons. The highest BCUT2D eigenvalue weighted by molar-refractivity contribution is 5.94. The predicted octanol–water partition coefficient (Wildman–Crippen LogP) is 3.35. The maximum Gasteiger partial charge on any atom is 0.348 e. The second-order valence-corrected chi connectivity index (χ2v) is 5.65. The van der Waals surface area contributed by atoms with E-state index in [2.05, 4.69) is 9.73 Å². The molecule has 0 aliphatic rings. The molecule has 26 heavy (non-hydrogen) atoms. The molecule has 2 aromatic carbocycles. The fraction of sp³-hybridized carbons (Fsp3) is 0.150. The van der Waals surface area contributed by atoms with Gasteiger partial charge >= 0.3 is 11.6 Å². The van der Waals surface area contributed by atoms with Crippen molar-refractivity contribution in [2.24, 2.45) is 4.99 Å². The van der Waals surface area contributed by atoms with Gasteiger partial charge in [0.2, 0.25) is 0 Å². The molecule has 0 saturated heterocycles. The zero-order valence-corrected chi connectivity index (χ0v) is 14.1. The second-order valence-electron chi connectivity index (χ2n) is 5.65. The van der Waals surface area contributed by atoms with Gasteiger partial charge in [0.15, 0.2) is 0 Å². The van der Waals surface area contributed by atoms with Crippen LogP contribution in [0, 0.1) is 0 Å². The zero-order chi connectivity index (χ0) is 18.5. The maximum atomic E-state index is 12.0. The summed E-state index contributed by atoms with van der Waals surface area (Å²) in [6.07, 6.45) is 2.17. The van der Waals surface area contributed by atoms with Crippen LogP contribution in [0.25, 0.3) is 11.0 Å². The minimum absolute atomic E-state index is 0.00142. The van der Waals surface area contributed by atoms with Crippen molar-refractivity contribution < 1.29 is 19.1 Å². The second kappa shape index (κ2) is 7.65. The number of nitrogens with zero attached hydrogens (tertiary/aromatic N) is 1. The molecular weight excluding hydrogens is 334 g/mol. The summed E-state index contributed by atoms with van der Waals surface area (Å²) in [6, 6.07) is 14.0. The van der Waals surface area contributed by atoms with Crippen LogP contribution in [-0.4, -0.2) is 24.4 Å². The van der Waals surface area contributed by atoms with Gasteiger partial charge in [-0.05, 0) is 36.2 Å². The van der Waals surface area contributed by atoms with Gasteiger partial charge in [-0.15, -0.1) is 0 Å². The van der Waals surface area contributed by atoms with Crippen molar-refractivity contribution in [2.45, 2.75) is 12.8 Å². The third kappa shape index (κ3) is 3.80. The smallest absolute Gasteiger partial charge is 0.348 e. The Bertz CT molecular complexity index is 1020. The van der Waals surface area contributed by atoms with Gasteiger partial charge in [0.1, 0.15) is 16.9 Å². The SMILES string of the molecule is COC(=O)CCc1ccc(N=Cc2c(O)c3ccccc3oc2=O)cc1. The van der Waals surface area contributed by atoms with Crippen LogP contribution in [0.15, 0.2) is 62.7 Å². The van der Waals surface area contributed by atoms with Gasteiger partial charge in [0.25, 0.3) is 0 Å². The number of carbonyl (C=O) groups excluding carboxylic acids is 1. The number of aryl methyl sites for hydroxylation is 1. The molecule has 0 amide bonds. The van der Waals surface area contributed by atoms with Crippen molar-refractivity contribution in [1.82, 2.24) is 0 Å². The molecule has 3 aromatic rings. The van der Waals surface area contributed by atoms with E-state index in [0.717, 1.165) is 5.56 Å². The average molecular weight is 351 g/mol. The number of rotatable bonds is 5. The number of carbonyl (C=O) groups is 1. The quantitative estimate of drug-likeness (QED) is 0.432. The Balaban J connectivity index is 1.81. The molecule has 1 heterocycles. The van der Waals surface area contributed by atoms with Gasteiger partial charge in [-0.1, -0.05) is 24.3 Å². The number of aliphatic imine (C=N–C) groups is 1. The molecule has 1 N–H and O–H groups in total. The highest BCUT2D eigenvalue weighted by atomic mass is 16.5. The van der Waals surface area contributed by atoms with E-state index in [4.69, 9.17) is 4.42 Å². The summed E-state index contributed by atoms with van der Waals surface area (Å²) in [5.41, 5.74) is 1.25. The first-order valence-electron chi connectivity index (χ1n) is 8.03. The van der Waals surface area contributed by atoms with Crippen molar-refractivity contribution >= 4 is 28.8 Å². The summed E-state index contributed by atoms with van der Waals surface area (Å²) in [5, 5.41) is 10.8. The molecule has 0 aliphatic carbocycles. The number of methoxy groups -OCH3 is 1. The number of ether oxygens (including phenoxy) is 1. The molecule has 0 atom stereocenters. The number of para-hydroxylation sites is 1. The molecule has 3 rings (SSSR count). The first-order valence-corrected chi connectivity index (χ1v) is 8.03. The van der Waals surface area contributed by atoms with Gasteiger partial charge in [-0.25, -0.2) is 4.79 Å². The molecule has 0 aliphatic heterocycles. The van der Waals surface area contributed by atoms with Crippen LogP contribution in [0.5, 0.6) is 5.75 Å². The minimum Gasteiger partial charge on any atom is -0.506 e. The molecule has 6 heteroatoms. The monoisotopic (exact) mass is 351 g/mol. The Labute approximate surface area is 149 Å². The lowest BCUT2D eigenvalue weighted by molar-refractivity contribution is -0.140. The summed E-state index contributed by atoms with van der Waals surface area (Å²) in [4.78, 5) is 27.4. The van der Waals surface area contributed by atoms with Gasteiger partial charge in [0, 0.05) is 12.6 Å². The van der Waals surface area contributed by atoms with Gasteiger partial charge < -0.3 is 14.3 Å². The topological polar surface area (TPSA) is 89.1 Å². The van der Waals surface area contributed by atoms with Crippen LogP contribution < -0.4 is 5.63 Å². The predicted molar refractivity (Wildman–Crippen MR) is 98.2 cm³/mol. The zero-order valence-electron chi connectivity index (χ0n) is 14.1. The van der Waals surface area contributed by atoms with Gasteiger partial charge in [-0.2, -0.15) is 0 Å². The van der Waals surface area contributed by atoms with Crippen LogP contribution in [0.4, 0.5) is 5.69 Å². The van der Waals surface area contributed by atoms with E-state index in [-0.39, 0.29) is 17.3 Å². The Morgan fingerprint density at radius 1 is 1.19 bits per heavy atom. The average Bonchev–Trinajstić information content (AvgIpc) is 2.66. The molecule has 6 nitrogen and oxygen atoms in total. The van der Waals surface area contributed by atoms with Crippen molar-refractivity contribution in [3.05, 3.63) is 70.1 Å². The summed E-state index contributed by atoms with van der Waals surface area (Å²) in [6.45, 7) is 0. The molecule has 0 bridgehead atoms. The van der Waals surface area contributed by atoms with E-state index in [1.165, 1.54) is 13.3 Å². The third-order valence-corrected chi connectivity index (χ3v) is 3.94. The molecule has 0 spiro atoms. The fourth-order valence-electron chi connectivity index (χ4n) is 2.50. The van der Waals surface area contributed by atoms with Crippen LogP contribution in [0.1, 0.15) is 17.5 Å². The highest BCUT2D eigenvalue weighted by Crippen LogP contribution is 2.25. The first-order chi connectivity index (χ1) is 12.6. The van der Waals surface area contributed by atoms with Crippen molar-refractivity contribution in [3.8, 4) is 5.75 Å².